The number of ether oxygens (including phenoxy) is 2. The van der Waals surface area contributed by atoms with Crippen LogP contribution in [0.3, 0.4) is 0 Å². The maximum absolute atomic E-state index is 11.9. The van der Waals surface area contributed by atoms with Crippen LogP contribution in [0.4, 0.5) is 11.5 Å². The molecular weight excluding hydrogens is 482 g/mol. The number of aromatic nitrogens is 2. The Bertz CT molecular complexity index is 1500. The summed E-state index contributed by atoms with van der Waals surface area (Å²) in [7, 11) is 0. The second-order valence-electron chi connectivity index (χ2n) is 11.1. The second-order valence-corrected chi connectivity index (χ2v) is 11.1. The van der Waals surface area contributed by atoms with E-state index in [9.17, 15) is 10.1 Å². The second kappa shape index (κ2) is 8.78. The predicted molar refractivity (Wildman–Crippen MR) is 143 cm³/mol. The van der Waals surface area contributed by atoms with E-state index in [-0.39, 0.29) is 29.4 Å². The Morgan fingerprint density at radius 1 is 1.18 bits per heavy atom. The fraction of sp³-hybridized carbons (Fsp3) is 0.464. The van der Waals surface area contributed by atoms with Gasteiger partial charge in [0, 0.05) is 80.8 Å². The van der Waals surface area contributed by atoms with E-state index in [2.05, 4.69) is 38.7 Å². The van der Waals surface area contributed by atoms with E-state index in [0.29, 0.717) is 17.7 Å². The van der Waals surface area contributed by atoms with Crippen LogP contribution in [-0.2, 0) is 21.7 Å². The van der Waals surface area contributed by atoms with Gasteiger partial charge in [-0.1, -0.05) is 0 Å². The lowest BCUT2D eigenvalue weighted by atomic mass is 9.86. The zero-order valence-electron chi connectivity index (χ0n) is 21.4. The van der Waals surface area contributed by atoms with E-state index < -0.39 is 0 Å². The lowest BCUT2D eigenvalue weighted by Crippen LogP contribution is -2.62. The fourth-order valence-corrected chi connectivity index (χ4v) is 6.48. The average Bonchev–Trinajstić information content (AvgIpc) is 3.24. The Kier molecular flexibility index (Phi) is 5.46. The molecule has 0 radical (unpaired) electrons. The third-order valence-corrected chi connectivity index (χ3v) is 8.28. The first kappa shape index (κ1) is 23.6. The monoisotopic (exact) mass is 513 g/mol. The van der Waals surface area contributed by atoms with Crippen LogP contribution in [0.15, 0.2) is 41.3 Å². The van der Waals surface area contributed by atoms with Gasteiger partial charge in [0.1, 0.15) is 17.5 Å². The van der Waals surface area contributed by atoms with E-state index in [4.69, 9.17) is 20.2 Å². The third kappa shape index (κ3) is 3.85. The molecule has 4 aliphatic heterocycles. The zero-order chi connectivity index (χ0) is 26.0. The molecule has 0 bridgehead atoms. The van der Waals surface area contributed by atoms with Crippen molar-refractivity contribution in [3.63, 3.8) is 0 Å². The van der Waals surface area contributed by atoms with Crippen LogP contribution in [0, 0.1) is 11.3 Å². The number of rotatable bonds is 4. The Labute approximate surface area is 220 Å². The number of fused-ring (bicyclic) bond motifs is 3. The normalized spacial score (nSPS) is 24.8. The summed E-state index contributed by atoms with van der Waals surface area (Å²) in [6.45, 7) is 8.37. The Morgan fingerprint density at radius 3 is 2.82 bits per heavy atom. The highest BCUT2D eigenvalue weighted by atomic mass is 16.5. The molecule has 10 heteroatoms. The minimum Gasteiger partial charge on any atom is -0.370 e. The number of likely N-dealkylation sites (tertiary alicyclic amines) is 1. The van der Waals surface area contributed by atoms with E-state index in [0.717, 1.165) is 62.7 Å². The molecule has 2 aromatic heterocycles. The molecule has 3 saturated heterocycles. The van der Waals surface area contributed by atoms with Crippen LogP contribution in [0.2, 0.25) is 0 Å². The Hall–Kier alpha value is -3.49. The number of nitriles is 1. The van der Waals surface area contributed by atoms with Gasteiger partial charge in [0.05, 0.1) is 29.9 Å². The summed E-state index contributed by atoms with van der Waals surface area (Å²) in [6, 6.07) is 11.7. The molecular formula is C28H31N7O3. The van der Waals surface area contributed by atoms with Gasteiger partial charge < -0.3 is 30.0 Å². The van der Waals surface area contributed by atoms with Crippen molar-refractivity contribution in [2.75, 3.05) is 55.6 Å². The smallest absolute Gasteiger partial charge is 0.248 e. The molecule has 7 rings (SSSR count). The third-order valence-electron chi connectivity index (χ3n) is 8.28. The van der Waals surface area contributed by atoms with Gasteiger partial charge in [0.2, 0.25) is 5.56 Å². The maximum atomic E-state index is 11.9. The summed E-state index contributed by atoms with van der Waals surface area (Å²) >= 11 is 0. The minimum atomic E-state index is -0.276. The molecule has 38 heavy (non-hydrogen) atoms. The van der Waals surface area contributed by atoms with Gasteiger partial charge >= 0.3 is 0 Å². The predicted octanol–water partition coefficient (Wildman–Crippen LogP) is 1.28. The summed E-state index contributed by atoms with van der Waals surface area (Å²) in [5.74, 6) is 0.992. The number of nitrogens with zero attached hydrogens (tertiary/aromatic N) is 5. The van der Waals surface area contributed by atoms with Crippen molar-refractivity contribution in [1.82, 2.24) is 14.9 Å². The largest absolute Gasteiger partial charge is 0.370 e. The number of nitrogens with two attached hydrogens (primary N) is 1. The number of hydrogen-bond acceptors (Lipinski definition) is 9. The number of morpholine rings is 1. The number of aromatic amines is 1. The summed E-state index contributed by atoms with van der Waals surface area (Å²) in [5.41, 5.74) is 9.96. The molecule has 1 spiro atoms. The Balaban J connectivity index is 1.05. The van der Waals surface area contributed by atoms with Gasteiger partial charge in [-0.25, -0.2) is 4.98 Å². The summed E-state index contributed by atoms with van der Waals surface area (Å²) < 4.78 is 12.7. The van der Waals surface area contributed by atoms with E-state index in [1.807, 2.05) is 18.3 Å². The van der Waals surface area contributed by atoms with Crippen LogP contribution in [0.5, 0.6) is 0 Å². The van der Waals surface area contributed by atoms with Crippen molar-refractivity contribution >= 4 is 22.4 Å². The quantitative estimate of drug-likeness (QED) is 0.531. The highest BCUT2D eigenvalue weighted by Crippen LogP contribution is 2.44. The van der Waals surface area contributed by atoms with Crippen molar-refractivity contribution in [3.8, 4) is 6.07 Å². The molecule has 10 nitrogen and oxygen atoms in total. The summed E-state index contributed by atoms with van der Waals surface area (Å²) in [6.07, 6.45) is 2.08. The van der Waals surface area contributed by atoms with Crippen LogP contribution < -0.4 is 21.1 Å². The highest BCUT2D eigenvalue weighted by molar-refractivity contribution is 5.95. The van der Waals surface area contributed by atoms with Crippen molar-refractivity contribution in [2.24, 2.45) is 5.73 Å². The molecule has 4 aliphatic rings. The van der Waals surface area contributed by atoms with E-state index in [1.165, 1.54) is 17.2 Å². The lowest BCUT2D eigenvalue weighted by molar-refractivity contribution is -0.155. The molecule has 6 heterocycles. The topological polar surface area (TPSA) is 124 Å². The number of anilines is 2. The molecule has 3 fully saturated rings. The number of hydrogen-bond donors (Lipinski definition) is 2. The first-order valence-electron chi connectivity index (χ1n) is 13.2. The maximum Gasteiger partial charge on any atom is 0.248 e. The molecule has 3 N–H and O–H groups in total. The molecule has 2 unspecified atom stereocenters. The SMILES string of the molecule is CC1CN(c2ccc(C#N)c3[nH]c(=O)ccc23)CC(CN2CC3(C2)OCc2cc(N4CC(N)C4)ncc23)O1. The minimum absolute atomic E-state index is 0.0292. The van der Waals surface area contributed by atoms with Gasteiger partial charge in [-0.05, 0) is 36.8 Å². The first-order valence-corrected chi connectivity index (χ1v) is 13.2. The van der Waals surface area contributed by atoms with E-state index in [1.54, 1.807) is 6.07 Å². The number of H-pyrrole nitrogens is 1. The number of pyridine rings is 2. The zero-order valence-corrected chi connectivity index (χ0v) is 21.4. The summed E-state index contributed by atoms with van der Waals surface area (Å²) in [5, 5.41) is 10.4. The standard InChI is InChI=1S/C28H31N7O3/c1-17-9-34(24-4-2-18(7-29)27-22(24)3-5-26(36)32-27)13-21(38-17)12-33-15-28(16-33)23-8-31-25(6-19(23)14-37-28)35-10-20(30)11-35/h2-6,8,17,20-21H,9-16,30H2,1H3,(H,32,36). The van der Waals surface area contributed by atoms with Crippen LogP contribution >= 0.6 is 0 Å². The van der Waals surface area contributed by atoms with Crippen LogP contribution in [0.25, 0.3) is 10.9 Å². The molecule has 1 aromatic carbocycles. The van der Waals surface area contributed by atoms with Crippen molar-refractivity contribution in [2.45, 2.75) is 37.4 Å². The summed E-state index contributed by atoms with van der Waals surface area (Å²) in [4.78, 5) is 26.4. The van der Waals surface area contributed by atoms with Crippen LogP contribution in [0.1, 0.15) is 23.6 Å². The molecule has 3 aromatic rings. The molecule has 196 valence electrons. The van der Waals surface area contributed by atoms with Gasteiger partial charge in [0.25, 0.3) is 0 Å². The van der Waals surface area contributed by atoms with Gasteiger partial charge in [-0.3, -0.25) is 9.69 Å². The molecule has 0 aliphatic carbocycles. The number of benzene rings is 1. The lowest BCUT2D eigenvalue weighted by Gasteiger charge is -2.50. The molecule has 2 atom stereocenters. The fourth-order valence-electron chi connectivity index (χ4n) is 6.48. The number of nitrogens with one attached hydrogen (secondary N) is 1. The van der Waals surface area contributed by atoms with Crippen molar-refractivity contribution < 1.29 is 9.47 Å². The average molecular weight is 514 g/mol. The van der Waals surface area contributed by atoms with E-state index >= 15 is 0 Å². The molecule has 0 saturated carbocycles. The van der Waals surface area contributed by atoms with Gasteiger partial charge in [-0.15, -0.1) is 0 Å². The molecule has 0 amide bonds. The first-order chi connectivity index (χ1) is 18.4. The van der Waals surface area contributed by atoms with Crippen molar-refractivity contribution in [3.05, 3.63) is 63.6 Å². The Morgan fingerprint density at radius 2 is 2.03 bits per heavy atom. The van der Waals surface area contributed by atoms with Gasteiger partial charge in [-0.2, -0.15) is 5.26 Å². The van der Waals surface area contributed by atoms with Crippen molar-refractivity contribution in [1.29, 1.82) is 5.26 Å². The van der Waals surface area contributed by atoms with Crippen LogP contribution in [-0.4, -0.2) is 78.9 Å². The van der Waals surface area contributed by atoms with Gasteiger partial charge in [0.15, 0.2) is 0 Å². The highest BCUT2D eigenvalue weighted by Gasteiger charge is 2.51.